The van der Waals surface area contributed by atoms with Crippen molar-refractivity contribution in [2.45, 2.75) is 25.8 Å². The molecule has 1 atom stereocenters. The number of aryl methyl sites for hydroxylation is 2. The Kier molecular flexibility index (Phi) is 5.71. The Morgan fingerprint density at radius 3 is 2.60 bits per heavy atom. The van der Waals surface area contributed by atoms with Crippen molar-refractivity contribution < 1.29 is 9.34 Å². The van der Waals surface area contributed by atoms with Crippen LogP contribution in [0.15, 0.2) is 105 Å². The number of rotatable bonds is 4. The van der Waals surface area contributed by atoms with Crippen LogP contribution in [0.5, 0.6) is 0 Å². The van der Waals surface area contributed by atoms with Gasteiger partial charge in [0.05, 0.1) is 21.2 Å². The van der Waals surface area contributed by atoms with E-state index in [0.29, 0.717) is 20.9 Å². The number of benzene rings is 3. The third-order valence-corrected chi connectivity index (χ3v) is 8.56. The highest BCUT2D eigenvalue weighted by Gasteiger charge is 2.32. The predicted octanol–water partition coefficient (Wildman–Crippen LogP) is 5.80. The van der Waals surface area contributed by atoms with Gasteiger partial charge in [0.15, 0.2) is 4.80 Å². The topological polar surface area (TPSA) is 90.6 Å². The molecule has 40 heavy (non-hydrogen) atoms. The Bertz CT molecular complexity index is 2030. The molecule has 0 spiro atoms. The highest BCUT2D eigenvalue weighted by Crippen LogP contribution is 2.41. The van der Waals surface area contributed by atoms with Crippen molar-refractivity contribution in [1.82, 2.24) is 4.57 Å². The fraction of sp³-hybridized carbons (Fsp3) is 0.125. The first-order valence-electron chi connectivity index (χ1n) is 13.0. The van der Waals surface area contributed by atoms with Gasteiger partial charge in [-0.05, 0) is 60.2 Å². The van der Waals surface area contributed by atoms with Gasteiger partial charge in [0.25, 0.3) is 11.2 Å². The molecule has 2 aliphatic rings. The van der Waals surface area contributed by atoms with Gasteiger partial charge in [0.1, 0.15) is 11.5 Å². The average molecular weight is 546 g/mol. The van der Waals surface area contributed by atoms with Crippen LogP contribution in [0.2, 0.25) is 0 Å². The monoisotopic (exact) mass is 545 g/mol. The molecule has 5 aromatic rings. The number of hydrogen-bond acceptors (Lipinski definition) is 6. The molecule has 0 saturated carbocycles. The zero-order chi connectivity index (χ0) is 27.4. The van der Waals surface area contributed by atoms with Gasteiger partial charge in [-0.3, -0.25) is 19.5 Å². The van der Waals surface area contributed by atoms with E-state index in [1.807, 2.05) is 47.9 Å². The van der Waals surface area contributed by atoms with Gasteiger partial charge in [-0.2, -0.15) is 0 Å². The fourth-order valence-corrected chi connectivity index (χ4v) is 6.68. The molecule has 0 N–H and O–H groups in total. The predicted molar refractivity (Wildman–Crippen MR) is 155 cm³/mol. The summed E-state index contributed by atoms with van der Waals surface area (Å²) in [6, 6.07) is 26.6. The van der Waals surface area contributed by atoms with E-state index >= 15 is 0 Å². The number of allylic oxidation sites excluding steroid dienone is 1. The van der Waals surface area contributed by atoms with Crippen molar-refractivity contribution in [2.24, 2.45) is 4.99 Å². The molecule has 3 aromatic carbocycles. The Balaban J connectivity index is 1.36. The molecule has 0 unspecified atom stereocenters. The molecule has 0 radical (unpaired) electrons. The van der Waals surface area contributed by atoms with Crippen molar-refractivity contribution in [2.75, 3.05) is 0 Å². The summed E-state index contributed by atoms with van der Waals surface area (Å²) in [7, 11) is 0. The number of fused-ring (bicyclic) bond motifs is 3. The van der Waals surface area contributed by atoms with Gasteiger partial charge in [-0.1, -0.05) is 65.9 Å². The molecule has 8 heteroatoms. The summed E-state index contributed by atoms with van der Waals surface area (Å²) < 4.78 is 8.45. The van der Waals surface area contributed by atoms with E-state index in [2.05, 4.69) is 30.3 Å². The number of thiazole rings is 1. The summed E-state index contributed by atoms with van der Waals surface area (Å²) in [6.45, 7) is 1.81. The number of nitro groups is 1. The average Bonchev–Trinajstić information content (AvgIpc) is 3.56. The highest BCUT2D eigenvalue weighted by molar-refractivity contribution is 7.07. The molecule has 196 valence electrons. The molecule has 1 aliphatic carbocycles. The third-order valence-electron chi connectivity index (χ3n) is 7.57. The minimum atomic E-state index is -0.413. The van der Waals surface area contributed by atoms with Crippen LogP contribution < -0.4 is 14.9 Å². The largest absolute Gasteiger partial charge is 0.457 e. The van der Waals surface area contributed by atoms with E-state index in [-0.39, 0.29) is 17.3 Å². The van der Waals surface area contributed by atoms with E-state index in [9.17, 15) is 14.9 Å². The first kappa shape index (κ1) is 24.2. The smallest absolute Gasteiger partial charge is 0.271 e. The Hall–Kier alpha value is -4.82. The second kappa shape index (κ2) is 9.43. The maximum absolute atomic E-state index is 13.9. The molecule has 0 bridgehead atoms. The number of furan rings is 1. The standard InChI is InChI=1S/C32H23N3O4S/c1-19-17-22(35(37)38)12-15-24(19)27-16-13-23(39-27)18-28-31(36)34-30(21-8-3-2-4-9-21)26-14-11-20-7-5-6-10-25(20)29(26)33-32(34)40-28/h2-10,12-13,15-18,30H,11,14H2,1H3/b28-18-/t30-/m0/s1. The van der Waals surface area contributed by atoms with Crippen molar-refractivity contribution in [3.05, 3.63) is 148 Å². The highest BCUT2D eigenvalue weighted by atomic mass is 32.1. The molecular weight excluding hydrogens is 522 g/mol. The third kappa shape index (κ3) is 3.96. The fourth-order valence-electron chi connectivity index (χ4n) is 5.70. The number of hydrogen-bond donors (Lipinski definition) is 0. The summed E-state index contributed by atoms with van der Waals surface area (Å²) in [5.41, 5.74) is 7.04. The van der Waals surface area contributed by atoms with Crippen molar-refractivity contribution >= 4 is 28.8 Å². The number of non-ortho nitro benzene ring substituents is 1. The molecule has 0 fully saturated rings. The molecule has 0 amide bonds. The maximum Gasteiger partial charge on any atom is 0.271 e. The van der Waals surface area contributed by atoms with Gasteiger partial charge < -0.3 is 4.42 Å². The van der Waals surface area contributed by atoms with E-state index in [1.165, 1.54) is 29.0 Å². The van der Waals surface area contributed by atoms with Gasteiger partial charge >= 0.3 is 0 Å². The Labute approximate surface area is 232 Å². The first-order chi connectivity index (χ1) is 19.5. The van der Waals surface area contributed by atoms with Gasteiger partial charge in [-0.15, -0.1) is 0 Å². The van der Waals surface area contributed by atoms with Crippen molar-refractivity contribution in [3.63, 3.8) is 0 Å². The lowest BCUT2D eigenvalue weighted by molar-refractivity contribution is -0.384. The Morgan fingerprint density at radius 2 is 1.80 bits per heavy atom. The quantitative estimate of drug-likeness (QED) is 0.211. The normalized spacial score (nSPS) is 16.2. The van der Waals surface area contributed by atoms with Crippen LogP contribution in [0.4, 0.5) is 5.69 Å². The summed E-state index contributed by atoms with van der Waals surface area (Å²) in [6.07, 6.45) is 3.51. The summed E-state index contributed by atoms with van der Waals surface area (Å²) >= 11 is 1.36. The second-order valence-corrected chi connectivity index (χ2v) is 11.0. The van der Waals surface area contributed by atoms with Crippen LogP contribution in [-0.2, 0) is 6.42 Å². The molecule has 3 heterocycles. The summed E-state index contributed by atoms with van der Waals surface area (Å²) in [4.78, 5) is 30.3. The summed E-state index contributed by atoms with van der Waals surface area (Å²) in [5.74, 6) is 1.11. The first-order valence-corrected chi connectivity index (χ1v) is 13.8. The van der Waals surface area contributed by atoms with Crippen LogP contribution in [0.1, 0.15) is 40.5 Å². The SMILES string of the molecule is Cc1cc([N+](=O)[O-])ccc1-c1ccc(/C=c2\sc3n(c2=O)[C@@H](c2ccccc2)C2=C(N=3)c3ccccc3CC2)o1. The summed E-state index contributed by atoms with van der Waals surface area (Å²) in [5, 5.41) is 11.1. The molecular formula is C32H23N3O4S. The Morgan fingerprint density at radius 1 is 1.00 bits per heavy atom. The van der Waals surface area contributed by atoms with E-state index in [1.54, 1.807) is 12.1 Å². The van der Waals surface area contributed by atoms with Crippen LogP contribution in [-0.4, -0.2) is 9.49 Å². The van der Waals surface area contributed by atoms with Crippen molar-refractivity contribution in [3.8, 4) is 11.3 Å². The van der Waals surface area contributed by atoms with E-state index in [0.717, 1.165) is 46.4 Å². The molecule has 7 rings (SSSR count). The van der Waals surface area contributed by atoms with Gasteiger partial charge in [0, 0.05) is 29.3 Å². The molecule has 7 nitrogen and oxygen atoms in total. The van der Waals surface area contributed by atoms with Gasteiger partial charge in [0.2, 0.25) is 0 Å². The minimum Gasteiger partial charge on any atom is -0.457 e. The van der Waals surface area contributed by atoms with E-state index < -0.39 is 4.92 Å². The van der Waals surface area contributed by atoms with E-state index in [4.69, 9.17) is 9.41 Å². The lowest BCUT2D eigenvalue weighted by Crippen LogP contribution is -2.38. The van der Waals surface area contributed by atoms with Crippen LogP contribution >= 0.6 is 11.3 Å². The minimum absolute atomic E-state index is 0.0347. The maximum atomic E-state index is 13.9. The van der Waals surface area contributed by atoms with Crippen LogP contribution in [0.25, 0.3) is 23.1 Å². The number of nitro benzene ring substituents is 1. The van der Waals surface area contributed by atoms with Crippen LogP contribution in [0.3, 0.4) is 0 Å². The molecule has 0 saturated heterocycles. The zero-order valence-corrected chi connectivity index (χ0v) is 22.4. The van der Waals surface area contributed by atoms with Crippen molar-refractivity contribution in [1.29, 1.82) is 0 Å². The number of aromatic nitrogens is 1. The number of nitrogens with zero attached hydrogens (tertiary/aromatic N) is 3. The molecule has 2 aromatic heterocycles. The lowest BCUT2D eigenvalue weighted by atomic mass is 9.83. The zero-order valence-electron chi connectivity index (χ0n) is 21.5. The second-order valence-electron chi connectivity index (χ2n) is 9.98. The van der Waals surface area contributed by atoms with Crippen LogP contribution in [0, 0.1) is 17.0 Å². The lowest BCUT2D eigenvalue weighted by Gasteiger charge is -2.30. The molecule has 1 aliphatic heterocycles. The van der Waals surface area contributed by atoms with Gasteiger partial charge in [-0.25, -0.2) is 4.99 Å².